The Balaban J connectivity index is 1.82. The number of rotatable bonds is 3. The largest absolute Gasteiger partial charge is 0.370 e. The quantitative estimate of drug-likeness (QED) is 0.822. The third-order valence-corrected chi connectivity index (χ3v) is 3.22. The van der Waals surface area contributed by atoms with Crippen molar-refractivity contribution in [2.45, 2.75) is 12.8 Å². The van der Waals surface area contributed by atoms with E-state index in [4.69, 9.17) is 11.6 Å². The lowest BCUT2D eigenvalue weighted by Crippen LogP contribution is -2.35. The monoisotopic (exact) mass is 239 g/mol. The molecule has 0 radical (unpaired) electrons. The van der Waals surface area contributed by atoms with Crippen LogP contribution >= 0.6 is 11.6 Å². The van der Waals surface area contributed by atoms with Crippen LogP contribution in [0.25, 0.3) is 0 Å². The molecule has 1 aliphatic rings. The Morgan fingerprint density at radius 1 is 1.56 bits per heavy atom. The molecule has 1 atom stereocenters. The van der Waals surface area contributed by atoms with Crippen LogP contribution in [0, 0.1) is 5.92 Å². The highest BCUT2D eigenvalue weighted by atomic mass is 35.5. The van der Waals surface area contributed by atoms with E-state index in [-0.39, 0.29) is 0 Å². The first-order valence-corrected chi connectivity index (χ1v) is 6.17. The van der Waals surface area contributed by atoms with Crippen LogP contribution in [0.15, 0.2) is 18.2 Å². The normalized spacial score (nSPS) is 22.0. The molecule has 0 aromatic carbocycles. The number of halogens is 1. The van der Waals surface area contributed by atoms with Crippen molar-refractivity contribution < 1.29 is 0 Å². The molecule has 2 heterocycles. The van der Waals surface area contributed by atoms with Crippen LogP contribution in [0.5, 0.6) is 0 Å². The van der Waals surface area contributed by atoms with Crippen molar-refractivity contribution in [3.05, 3.63) is 23.4 Å². The van der Waals surface area contributed by atoms with Crippen molar-refractivity contribution in [2.24, 2.45) is 5.92 Å². The minimum atomic E-state index is 0.547. The van der Waals surface area contributed by atoms with Gasteiger partial charge in [-0.3, -0.25) is 0 Å². The van der Waals surface area contributed by atoms with E-state index in [2.05, 4.69) is 22.2 Å². The fraction of sp³-hybridized carbons (Fsp3) is 0.583. The van der Waals surface area contributed by atoms with E-state index in [1.807, 2.05) is 12.1 Å². The number of aromatic nitrogens is 1. The predicted molar refractivity (Wildman–Crippen MR) is 68.0 cm³/mol. The molecule has 1 fully saturated rings. The number of hydrogen-bond donors (Lipinski definition) is 1. The summed E-state index contributed by atoms with van der Waals surface area (Å²) in [5.74, 6) is 1.60. The van der Waals surface area contributed by atoms with Gasteiger partial charge in [-0.15, -0.1) is 0 Å². The van der Waals surface area contributed by atoms with Crippen LogP contribution < -0.4 is 5.32 Å². The number of anilines is 1. The van der Waals surface area contributed by atoms with E-state index >= 15 is 0 Å². The predicted octanol–water partition coefficient (Wildman–Crippen LogP) is 2.49. The van der Waals surface area contributed by atoms with Gasteiger partial charge in [0.25, 0.3) is 0 Å². The Labute approximate surface area is 102 Å². The molecular weight excluding hydrogens is 222 g/mol. The van der Waals surface area contributed by atoms with Crippen LogP contribution in [0.4, 0.5) is 5.82 Å². The molecule has 3 nitrogen and oxygen atoms in total. The second-order valence-corrected chi connectivity index (χ2v) is 4.88. The summed E-state index contributed by atoms with van der Waals surface area (Å²) in [5, 5.41) is 3.90. The van der Waals surface area contributed by atoms with Crippen LogP contribution in [-0.4, -0.2) is 36.6 Å². The number of piperidine rings is 1. The zero-order valence-electron chi connectivity index (χ0n) is 9.62. The van der Waals surface area contributed by atoms with E-state index in [1.165, 1.54) is 25.9 Å². The molecule has 0 saturated carbocycles. The zero-order chi connectivity index (χ0) is 11.4. The Hall–Kier alpha value is -0.800. The van der Waals surface area contributed by atoms with Crippen LogP contribution in [-0.2, 0) is 0 Å². The highest BCUT2D eigenvalue weighted by molar-refractivity contribution is 6.29. The molecule has 16 heavy (non-hydrogen) atoms. The van der Waals surface area contributed by atoms with Gasteiger partial charge in [-0.1, -0.05) is 17.7 Å². The molecule has 1 unspecified atom stereocenters. The molecule has 1 saturated heterocycles. The van der Waals surface area contributed by atoms with Gasteiger partial charge in [0.2, 0.25) is 0 Å². The lowest BCUT2D eigenvalue weighted by molar-refractivity contribution is 0.217. The van der Waals surface area contributed by atoms with Gasteiger partial charge < -0.3 is 10.2 Å². The van der Waals surface area contributed by atoms with Crippen molar-refractivity contribution in [3.8, 4) is 0 Å². The van der Waals surface area contributed by atoms with Crippen molar-refractivity contribution in [1.29, 1.82) is 0 Å². The average Bonchev–Trinajstić information content (AvgIpc) is 2.27. The highest BCUT2D eigenvalue weighted by Crippen LogP contribution is 2.16. The van der Waals surface area contributed by atoms with Gasteiger partial charge in [0, 0.05) is 13.1 Å². The molecule has 4 heteroatoms. The molecule has 0 amide bonds. The summed E-state index contributed by atoms with van der Waals surface area (Å²) in [5.41, 5.74) is 0. The van der Waals surface area contributed by atoms with Gasteiger partial charge in [0.15, 0.2) is 0 Å². The second-order valence-electron chi connectivity index (χ2n) is 4.50. The highest BCUT2D eigenvalue weighted by Gasteiger charge is 2.16. The SMILES string of the molecule is CN1CCCC(CNc2cccc(Cl)n2)C1. The third kappa shape index (κ3) is 3.35. The summed E-state index contributed by atoms with van der Waals surface area (Å²) in [4.78, 5) is 6.61. The molecule has 1 aromatic heterocycles. The summed E-state index contributed by atoms with van der Waals surface area (Å²) >= 11 is 5.83. The van der Waals surface area contributed by atoms with Gasteiger partial charge in [0.1, 0.15) is 11.0 Å². The fourth-order valence-electron chi connectivity index (χ4n) is 2.20. The summed E-state index contributed by atoms with van der Waals surface area (Å²) in [6.45, 7) is 3.39. The Bertz CT molecular complexity index is 343. The molecule has 1 aromatic rings. The van der Waals surface area contributed by atoms with Gasteiger partial charge >= 0.3 is 0 Å². The lowest BCUT2D eigenvalue weighted by atomic mass is 9.98. The maximum absolute atomic E-state index is 5.83. The van der Waals surface area contributed by atoms with Crippen molar-refractivity contribution >= 4 is 17.4 Å². The number of likely N-dealkylation sites (tertiary alicyclic amines) is 1. The first-order chi connectivity index (χ1) is 7.74. The Kier molecular flexibility index (Phi) is 4.02. The fourth-order valence-corrected chi connectivity index (χ4v) is 2.36. The van der Waals surface area contributed by atoms with E-state index in [0.29, 0.717) is 5.15 Å². The van der Waals surface area contributed by atoms with Crippen molar-refractivity contribution in [3.63, 3.8) is 0 Å². The molecule has 0 aliphatic carbocycles. The average molecular weight is 240 g/mol. The second kappa shape index (κ2) is 5.51. The Morgan fingerprint density at radius 3 is 3.19 bits per heavy atom. The van der Waals surface area contributed by atoms with Crippen LogP contribution in [0.3, 0.4) is 0 Å². The van der Waals surface area contributed by atoms with Gasteiger partial charge in [0.05, 0.1) is 0 Å². The van der Waals surface area contributed by atoms with Crippen LogP contribution in [0.1, 0.15) is 12.8 Å². The number of nitrogens with zero attached hydrogens (tertiary/aromatic N) is 2. The van der Waals surface area contributed by atoms with E-state index in [9.17, 15) is 0 Å². The maximum Gasteiger partial charge on any atom is 0.131 e. The topological polar surface area (TPSA) is 28.2 Å². The standard InChI is InChI=1S/C12H18ClN3/c1-16-7-3-4-10(9-16)8-14-12-6-2-5-11(13)15-12/h2,5-6,10H,3-4,7-9H2,1H3,(H,14,15). The molecule has 0 bridgehead atoms. The van der Waals surface area contributed by atoms with E-state index < -0.39 is 0 Å². The minimum absolute atomic E-state index is 0.547. The number of pyridine rings is 1. The molecule has 88 valence electrons. The van der Waals surface area contributed by atoms with E-state index in [0.717, 1.165) is 18.3 Å². The Morgan fingerprint density at radius 2 is 2.44 bits per heavy atom. The number of hydrogen-bond acceptors (Lipinski definition) is 3. The van der Waals surface area contributed by atoms with Gasteiger partial charge in [-0.05, 0) is 44.5 Å². The first kappa shape index (κ1) is 11.7. The number of nitrogens with one attached hydrogen (secondary N) is 1. The van der Waals surface area contributed by atoms with Crippen molar-refractivity contribution in [1.82, 2.24) is 9.88 Å². The van der Waals surface area contributed by atoms with E-state index in [1.54, 1.807) is 6.07 Å². The smallest absolute Gasteiger partial charge is 0.131 e. The van der Waals surface area contributed by atoms with Gasteiger partial charge in [-0.25, -0.2) is 4.98 Å². The first-order valence-electron chi connectivity index (χ1n) is 5.79. The summed E-state index contributed by atoms with van der Waals surface area (Å²) in [6, 6.07) is 5.67. The summed E-state index contributed by atoms with van der Waals surface area (Å²) < 4.78 is 0. The lowest BCUT2D eigenvalue weighted by Gasteiger charge is -2.29. The molecular formula is C12H18ClN3. The van der Waals surface area contributed by atoms with Gasteiger partial charge in [-0.2, -0.15) is 0 Å². The minimum Gasteiger partial charge on any atom is -0.370 e. The molecule has 2 rings (SSSR count). The molecule has 1 N–H and O–H groups in total. The maximum atomic E-state index is 5.83. The van der Waals surface area contributed by atoms with Crippen LogP contribution in [0.2, 0.25) is 5.15 Å². The third-order valence-electron chi connectivity index (χ3n) is 3.01. The molecule has 0 spiro atoms. The van der Waals surface area contributed by atoms with Crippen molar-refractivity contribution in [2.75, 3.05) is 32.0 Å². The summed E-state index contributed by atoms with van der Waals surface area (Å²) in [7, 11) is 2.18. The zero-order valence-corrected chi connectivity index (χ0v) is 10.4. The molecule has 1 aliphatic heterocycles. The summed E-state index contributed by atoms with van der Waals surface area (Å²) in [6.07, 6.45) is 2.60.